The summed E-state index contributed by atoms with van der Waals surface area (Å²) in [5.41, 5.74) is 2.74. The molecule has 0 saturated heterocycles. The first-order valence-electron chi connectivity index (χ1n) is 9.97. The van der Waals surface area contributed by atoms with E-state index in [0.717, 1.165) is 10.9 Å². The fraction of sp³-hybridized carbons (Fsp3) is 0.0417. The number of aromatic amines is 1. The third kappa shape index (κ3) is 4.35. The fourth-order valence-electron chi connectivity index (χ4n) is 3.55. The zero-order valence-electron chi connectivity index (χ0n) is 17.0. The van der Waals surface area contributed by atoms with Gasteiger partial charge in [-0.2, -0.15) is 0 Å². The Bertz CT molecular complexity index is 1560. The highest BCUT2D eigenvalue weighted by Crippen LogP contribution is 2.27. The maximum atomic E-state index is 13.5. The highest BCUT2D eigenvalue weighted by molar-refractivity contribution is 7.99. The number of H-pyrrole nitrogens is 1. The van der Waals surface area contributed by atoms with E-state index in [4.69, 9.17) is 28.2 Å². The van der Waals surface area contributed by atoms with Gasteiger partial charge in [0.05, 0.1) is 11.4 Å². The van der Waals surface area contributed by atoms with E-state index in [-0.39, 0.29) is 17.2 Å². The number of amides is 1. The zero-order valence-corrected chi connectivity index (χ0v) is 19.3. The van der Waals surface area contributed by atoms with E-state index in [1.54, 1.807) is 48.5 Å². The van der Waals surface area contributed by atoms with Crippen molar-refractivity contribution in [2.45, 2.75) is 5.16 Å². The number of para-hydroxylation sites is 1. The van der Waals surface area contributed by atoms with Gasteiger partial charge in [-0.3, -0.25) is 14.2 Å². The summed E-state index contributed by atoms with van der Waals surface area (Å²) in [7, 11) is 0. The van der Waals surface area contributed by atoms with Crippen LogP contribution in [0.25, 0.3) is 27.6 Å². The number of carbonyl (C=O) groups is 1. The van der Waals surface area contributed by atoms with Gasteiger partial charge >= 0.3 is 0 Å². The third-order valence-electron chi connectivity index (χ3n) is 5.02. The Morgan fingerprint density at radius 3 is 2.58 bits per heavy atom. The van der Waals surface area contributed by atoms with Gasteiger partial charge in [0.2, 0.25) is 5.91 Å². The van der Waals surface area contributed by atoms with Crippen LogP contribution in [0.4, 0.5) is 5.69 Å². The van der Waals surface area contributed by atoms with Gasteiger partial charge in [0, 0.05) is 26.6 Å². The largest absolute Gasteiger partial charge is 0.349 e. The summed E-state index contributed by atoms with van der Waals surface area (Å²) in [5.74, 6) is -0.182. The van der Waals surface area contributed by atoms with Crippen molar-refractivity contribution in [1.82, 2.24) is 14.5 Å². The molecule has 5 rings (SSSR count). The molecular weight excluding hydrogens is 479 g/mol. The molecule has 33 heavy (non-hydrogen) atoms. The minimum atomic E-state index is -0.253. The second-order valence-electron chi connectivity index (χ2n) is 7.25. The molecule has 5 aromatic rings. The quantitative estimate of drug-likeness (QED) is 0.235. The SMILES string of the molecule is O=C(CSc1nc2c([nH]c3ccccc32)c(=O)n1-c1ccc(Cl)cc1)Nc1cccc(Cl)c1. The summed E-state index contributed by atoms with van der Waals surface area (Å²) in [4.78, 5) is 34.0. The van der Waals surface area contributed by atoms with E-state index in [1.165, 1.54) is 16.3 Å². The molecule has 0 unspecified atom stereocenters. The number of anilines is 1. The van der Waals surface area contributed by atoms with Crippen molar-refractivity contribution in [2.75, 3.05) is 11.1 Å². The average molecular weight is 495 g/mol. The molecule has 0 fully saturated rings. The number of rotatable bonds is 5. The van der Waals surface area contributed by atoms with Crippen LogP contribution in [0.1, 0.15) is 0 Å². The molecule has 0 radical (unpaired) electrons. The Labute approximate surface area is 202 Å². The van der Waals surface area contributed by atoms with E-state index in [0.29, 0.717) is 37.6 Å². The first-order valence-corrected chi connectivity index (χ1v) is 11.7. The van der Waals surface area contributed by atoms with Crippen molar-refractivity contribution in [1.29, 1.82) is 0 Å². The number of nitrogens with zero attached hydrogens (tertiary/aromatic N) is 2. The van der Waals surface area contributed by atoms with Crippen molar-refractivity contribution in [3.63, 3.8) is 0 Å². The molecule has 0 aliphatic rings. The Kier molecular flexibility index (Phi) is 5.85. The molecule has 2 heterocycles. The van der Waals surface area contributed by atoms with Crippen LogP contribution < -0.4 is 10.9 Å². The number of aromatic nitrogens is 3. The number of hydrogen-bond donors (Lipinski definition) is 2. The van der Waals surface area contributed by atoms with Crippen LogP contribution in [0.2, 0.25) is 10.0 Å². The lowest BCUT2D eigenvalue weighted by Crippen LogP contribution is -2.23. The zero-order chi connectivity index (χ0) is 22.9. The van der Waals surface area contributed by atoms with Gasteiger partial charge in [-0.05, 0) is 48.5 Å². The number of thioether (sulfide) groups is 1. The molecular formula is C24H16Cl2N4O2S. The van der Waals surface area contributed by atoms with Gasteiger partial charge in [0.25, 0.3) is 5.56 Å². The van der Waals surface area contributed by atoms with Crippen LogP contribution in [0.5, 0.6) is 0 Å². The molecule has 6 nitrogen and oxygen atoms in total. The predicted molar refractivity (Wildman–Crippen MR) is 135 cm³/mol. The summed E-state index contributed by atoms with van der Waals surface area (Å²) in [6, 6.07) is 21.4. The van der Waals surface area contributed by atoms with Gasteiger partial charge in [0.1, 0.15) is 11.0 Å². The van der Waals surface area contributed by atoms with Gasteiger partial charge in [-0.1, -0.05) is 59.2 Å². The molecule has 0 atom stereocenters. The number of nitrogens with one attached hydrogen (secondary N) is 2. The van der Waals surface area contributed by atoms with Crippen LogP contribution in [0.3, 0.4) is 0 Å². The molecule has 0 bridgehead atoms. The first-order chi connectivity index (χ1) is 16.0. The second-order valence-corrected chi connectivity index (χ2v) is 9.07. The van der Waals surface area contributed by atoms with Gasteiger partial charge in [0.15, 0.2) is 5.16 Å². The van der Waals surface area contributed by atoms with Crippen molar-refractivity contribution >= 4 is 68.5 Å². The smallest absolute Gasteiger partial charge is 0.283 e. The lowest BCUT2D eigenvalue weighted by atomic mass is 10.2. The van der Waals surface area contributed by atoms with Crippen molar-refractivity contribution in [3.05, 3.63) is 93.2 Å². The summed E-state index contributed by atoms with van der Waals surface area (Å²) >= 11 is 13.2. The van der Waals surface area contributed by atoms with Crippen LogP contribution in [0.15, 0.2) is 82.7 Å². The second kappa shape index (κ2) is 8.94. The molecule has 0 aliphatic heterocycles. The van der Waals surface area contributed by atoms with Gasteiger partial charge in [-0.15, -0.1) is 0 Å². The number of hydrogen-bond acceptors (Lipinski definition) is 4. The molecule has 0 aliphatic carbocycles. The van der Waals surface area contributed by atoms with Gasteiger partial charge in [-0.25, -0.2) is 4.98 Å². The summed E-state index contributed by atoms with van der Waals surface area (Å²) in [6.07, 6.45) is 0. The Hall–Kier alpha value is -3.26. The standard InChI is InChI=1S/C24H16Cl2N4O2S/c25-14-8-10-17(11-9-14)30-23(32)22-21(18-6-1-2-7-19(18)28-22)29-24(30)33-13-20(31)27-16-5-3-4-15(26)12-16/h1-12,28H,13H2,(H,27,31). The van der Waals surface area contributed by atoms with E-state index in [1.807, 2.05) is 24.3 Å². The molecule has 0 saturated carbocycles. The Balaban J connectivity index is 1.56. The van der Waals surface area contributed by atoms with Crippen LogP contribution >= 0.6 is 35.0 Å². The van der Waals surface area contributed by atoms with E-state index in [9.17, 15) is 9.59 Å². The average Bonchev–Trinajstić information content (AvgIpc) is 3.18. The lowest BCUT2D eigenvalue weighted by Gasteiger charge is -2.12. The summed E-state index contributed by atoms with van der Waals surface area (Å²) < 4.78 is 1.49. The third-order valence-corrected chi connectivity index (χ3v) is 6.45. The lowest BCUT2D eigenvalue weighted by molar-refractivity contribution is -0.113. The minimum absolute atomic E-state index is 0.0560. The highest BCUT2D eigenvalue weighted by Gasteiger charge is 2.18. The van der Waals surface area contributed by atoms with E-state index >= 15 is 0 Å². The van der Waals surface area contributed by atoms with E-state index in [2.05, 4.69) is 10.3 Å². The number of fused-ring (bicyclic) bond motifs is 3. The minimum Gasteiger partial charge on any atom is -0.349 e. The van der Waals surface area contributed by atoms with Gasteiger partial charge < -0.3 is 10.3 Å². The first kappa shape index (κ1) is 21.6. The molecule has 9 heteroatoms. The van der Waals surface area contributed by atoms with Crippen LogP contribution in [0, 0.1) is 0 Å². The van der Waals surface area contributed by atoms with E-state index < -0.39 is 0 Å². The van der Waals surface area contributed by atoms with Crippen LogP contribution in [-0.2, 0) is 4.79 Å². The maximum Gasteiger partial charge on any atom is 0.283 e. The Morgan fingerprint density at radius 1 is 1.00 bits per heavy atom. The summed E-state index contributed by atoms with van der Waals surface area (Å²) in [5, 5.41) is 5.15. The topological polar surface area (TPSA) is 79.8 Å². The molecule has 0 spiro atoms. The van der Waals surface area contributed by atoms with Crippen LogP contribution in [-0.4, -0.2) is 26.2 Å². The Morgan fingerprint density at radius 2 is 1.79 bits per heavy atom. The number of benzene rings is 3. The monoisotopic (exact) mass is 494 g/mol. The molecule has 1 amide bonds. The predicted octanol–water partition coefficient (Wildman–Crippen LogP) is 5.90. The van der Waals surface area contributed by atoms with Crippen molar-refractivity contribution < 1.29 is 4.79 Å². The van der Waals surface area contributed by atoms with Crippen molar-refractivity contribution in [3.8, 4) is 5.69 Å². The molecule has 2 N–H and O–H groups in total. The molecule has 3 aromatic carbocycles. The maximum absolute atomic E-state index is 13.5. The number of carbonyl (C=O) groups excluding carboxylic acids is 1. The molecule has 164 valence electrons. The highest BCUT2D eigenvalue weighted by atomic mass is 35.5. The van der Waals surface area contributed by atoms with Crippen molar-refractivity contribution in [2.24, 2.45) is 0 Å². The molecule has 2 aromatic heterocycles. The fourth-order valence-corrected chi connectivity index (χ4v) is 4.67. The normalized spacial score (nSPS) is 11.2. The summed E-state index contributed by atoms with van der Waals surface area (Å²) in [6.45, 7) is 0. The number of halogens is 2.